The van der Waals surface area contributed by atoms with Crippen LogP contribution in [0.15, 0.2) is 46.9 Å². The van der Waals surface area contributed by atoms with Crippen molar-refractivity contribution >= 4 is 33.2 Å². The van der Waals surface area contributed by atoms with Gasteiger partial charge in [-0.3, -0.25) is 4.79 Å². The predicted molar refractivity (Wildman–Crippen MR) is 77.7 cm³/mol. The van der Waals surface area contributed by atoms with Crippen molar-refractivity contribution in [3.05, 3.63) is 58.1 Å². The molecule has 4 heteroatoms. The molecule has 2 rings (SSSR count). The number of nitrogen functional groups attached to an aromatic ring is 1. The molecule has 0 radical (unpaired) electrons. The lowest BCUT2D eigenvalue weighted by Crippen LogP contribution is -2.14. The predicted octanol–water partition coefficient (Wildman–Crippen LogP) is 3.59. The van der Waals surface area contributed by atoms with Gasteiger partial charge in [-0.2, -0.15) is 0 Å². The number of benzene rings is 2. The molecule has 0 spiro atoms. The third kappa shape index (κ3) is 2.90. The van der Waals surface area contributed by atoms with Gasteiger partial charge < -0.3 is 11.1 Å². The van der Waals surface area contributed by atoms with Gasteiger partial charge in [0, 0.05) is 15.8 Å². The molecule has 18 heavy (non-hydrogen) atoms. The molecule has 0 saturated heterocycles. The van der Waals surface area contributed by atoms with E-state index < -0.39 is 0 Å². The summed E-state index contributed by atoms with van der Waals surface area (Å²) in [6.45, 7) is 1.94. The highest BCUT2D eigenvalue weighted by Gasteiger charge is 2.09. The van der Waals surface area contributed by atoms with Crippen molar-refractivity contribution < 1.29 is 4.79 Å². The molecule has 0 fully saturated rings. The van der Waals surface area contributed by atoms with Crippen molar-refractivity contribution in [3.8, 4) is 0 Å². The van der Waals surface area contributed by atoms with E-state index in [0.29, 0.717) is 11.3 Å². The van der Waals surface area contributed by atoms with Crippen molar-refractivity contribution in [2.45, 2.75) is 6.92 Å². The Labute approximate surface area is 114 Å². The summed E-state index contributed by atoms with van der Waals surface area (Å²) >= 11 is 3.34. The van der Waals surface area contributed by atoms with Crippen LogP contribution in [-0.4, -0.2) is 5.91 Å². The van der Waals surface area contributed by atoms with E-state index in [0.717, 1.165) is 15.7 Å². The van der Waals surface area contributed by atoms with Crippen LogP contribution in [0.3, 0.4) is 0 Å². The Morgan fingerprint density at radius 2 is 1.83 bits per heavy atom. The summed E-state index contributed by atoms with van der Waals surface area (Å²) in [5, 5.41) is 2.81. The van der Waals surface area contributed by atoms with Crippen LogP contribution in [0.25, 0.3) is 0 Å². The van der Waals surface area contributed by atoms with Crippen molar-refractivity contribution in [2.75, 3.05) is 11.1 Å². The highest BCUT2D eigenvalue weighted by atomic mass is 79.9. The second-order valence-corrected chi connectivity index (χ2v) is 4.97. The van der Waals surface area contributed by atoms with Crippen molar-refractivity contribution in [3.63, 3.8) is 0 Å². The topological polar surface area (TPSA) is 55.1 Å². The second-order valence-electron chi connectivity index (χ2n) is 4.05. The largest absolute Gasteiger partial charge is 0.398 e. The number of hydrogen-bond donors (Lipinski definition) is 2. The van der Waals surface area contributed by atoms with E-state index in [9.17, 15) is 4.79 Å². The van der Waals surface area contributed by atoms with E-state index >= 15 is 0 Å². The molecule has 3 N–H and O–H groups in total. The zero-order valence-corrected chi connectivity index (χ0v) is 11.5. The highest BCUT2D eigenvalue weighted by molar-refractivity contribution is 9.10. The van der Waals surface area contributed by atoms with E-state index in [1.54, 1.807) is 12.1 Å². The van der Waals surface area contributed by atoms with Gasteiger partial charge in [0.1, 0.15) is 0 Å². The van der Waals surface area contributed by atoms with Crippen LogP contribution < -0.4 is 11.1 Å². The Morgan fingerprint density at radius 1 is 1.17 bits per heavy atom. The molecule has 2 aromatic carbocycles. The first kappa shape index (κ1) is 12.6. The number of anilines is 2. The molecule has 0 heterocycles. The normalized spacial score (nSPS) is 10.1. The van der Waals surface area contributed by atoms with Crippen LogP contribution in [0.2, 0.25) is 0 Å². The van der Waals surface area contributed by atoms with Gasteiger partial charge in [-0.1, -0.05) is 22.0 Å². The standard InChI is InChI=1S/C14H13BrN2O/c1-9-2-7-12(13(16)8-9)14(18)17-11-5-3-10(15)4-6-11/h2-8H,16H2,1H3,(H,17,18). The Morgan fingerprint density at radius 3 is 2.44 bits per heavy atom. The summed E-state index contributed by atoms with van der Waals surface area (Å²) in [7, 11) is 0. The van der Waals surface area contributed by atoms with Crippen molar-refractivity contribution in [2.24, 2.45) is 0 Å². The zero-order chi connectivity index (χ0) is 13.1. The summed E-state index contributed by atoms with van der Waals surface area (Å²) in [5.41, 5.74) is 8.59. The summed E-state index contributed by atoms with van der Waals surface area (Å²) in [4.78, 5) is 12.0. The summed E-state index contributed by atoms with van der Waals surface area (Å²) in [5.74, 6) is -0.199. The summed E-state index contributed by atoms with van der Waals surface area (Å²) in [6, 6.07) is 12.8. The SMILES string of the molecule is Cc1ccc(C(=O)Nc2ccc(Br)cc2)c(N)c1. The van der Waals surface area contributed by atoms with E-state index in [4.69, 9.17) is 5.73 Å². The van der Waals surface area contributed by atoms with E-state index in [2.05, 4.69) is 21.2 Å². The van der Waals surface area contributed by atoms with Gasteiger partial charge in [0.05, 0.1) is 5.56 Å². The molecule has 3 nitrogen and oxygen atoms in total. The Balaban J connectivity index is 2.19. The number of nitrogens with two attached hydrogens (primary N) is 1. The minimum Gasteiger partial charge on any atom is -0.398 e. The van der Waals surface area contributed by atoms with Gasteiger partial charge >= 0.3 is 0 Å². The van der Waals surface area contributed by atoms with E-state index in [1.807, 2.05) is 37.3 Å². The van der Waals surface area contributed by atoms with Crippen LogP contribution in [-0.2, 0) is 0 Å². The van der Waals surface area contributed by atoms with E-state index in [1.165, 1.54) is 0 Å². The Hall–Kier alpha value is -1.81. The molecule has 92 valence electrons. The number of amides is 1. The molecule has 0 aliphatic rings. The first-order valence-electron chi connectivity index (χ1n) is 5.49. The number of halogens is 1. The molecule has 2 aromatic rings. The molecule has 0 unspecified atom stereocenters. The number of carbonyl (C=O) groups is 1. The zero-order valence-electron chi connectivity index (χ0n) is 9.91. The maximum Gasteiger partial charge on any atom is 0.257 e. The van der Waals surface area contributed by atoms with Crippen LogP contribution in [0.5, 0.6) is 0 Å². The Bertz CT molecular complexity index is 579. The number of hydrogen-bond acceptors (Lipinski definition) is 2. The Kier molecular flexibility index (Phi) is 3.67. The third-order valence-electron chi connectivity index (χ3n) is 2.55. The first-order valence-corrected chi connectivity index (χ1v) is 6.28. The molecule has 1 amide bonds. The molecular weight excluding hydrogens is 292 g/mol. The monoisotopic (exact) mass is 304 g/mol. The van der Waals surface area contributed by atoms with Gasteiger partial charge in [-0.25, -0.2) is 0 Å². The summed E-state index contributed by atoms with van der Waals surface area (Å²) in [6.07, 6.45) is 0. The van der Waals surface area contributed by atoms with Gasteiger partial charge in [-0.15, -0.1) is 0 Å². The molecule has 0 saturated carbocycles. The number of carbonyl (C=O) groups excluding carboxylic acids is 1. The van der Waals surface area contributed by atoms with E-state index in [-0.39, 0.29) is 5.91 Å². The lowest BCUT2D eigenvalue weighted by atomic mass is 10.1. The van der Waals surface area contributed by atoms with Crippen molar-refractivity contribution in [1.29, 1.82) is 0 Å². The fourth-order valence-electron chi connectivity index (χ4n) is 1.62. The minimum atomic E-state index is -0.199. The van der Waals surface area contributed by atoms with Gasteiger partial charge in [0.2, 0.25) is 0 Å². The molecule has 0 aliphatic heterocycles. The quantitative estimate of drug-likeness (QED) is 0.833. The van der Waals surface area contributed by atoms with Gasteiger partial charge in [-0.05, 0) is 48.9 Å². The fourth-order valence-corrected chi connectivity index (χ4v) is 1.88. The van der Waals surface area contributed by atoms with Crippen LogP contribution >= 0.6 is 15.9 Å². The number of aryl methyl sites for hydroxylation is 1. The lowest BCUT2D eigenvalue weighted by Gasteiger charge is -2.08. The minimum absolute atomic E-state index is 0.199. The third-order valence-corrected chi connectivity index (χ3v) is 3.08. The molecule has 0 aromatic heterocycles. The maximum absolute atomic E-state index is 12.0. The molecular formula is C14H13BrN2O. The molecule has 0 aliphatic carbocycles. The highest BCUT2D eigenvalue weighted by Crippen LogP contribution is 2.18. The smallest absolute Gasteiger partial charge is 0.257 e. The second kappa shape index (κ2) is 5.23. The van der Waals surface area contributed by atoms with Gasteiger partial charge in [0.15, 0.2) is 0 Å². The molecule has 0 bridgehead atoms. The average Bonchev–Trinajstić information content (AvgIpc) is 2.32. The number of rotatable bonds is 2. The van der Waals surface area contributed by atoms with Crippen LogP contribution in [0.4, 0.5) is 11.4 Å². The maximum atomic E-state index is 12.0. The summed E-state index contributed by atoms with van der Waals surface area (Å²) < 4.78 is 0.968. The van der Waals surface area contributed by atoms with Crippen LogP contribution in [0.1, 0.15) is 15.9 Å². The number of nitrogens with one attached hydrogen (secondary N) is 1. The van der Waals surface area contributed by atoms with Gasteiger partial charge in [0.25, 0.3) is 5.91 Å². The molecule has 0 atom stereocenters. The van der Waals surface area contributed by atoms with Crippen LogP contribution in [0, 0.1) is 6.92 Å². The average molecular weight is 305 g/mol. The van der Waals surface area contributed by atoms with Crippen molar-refractivity contribution in [1.82, 2.24) is 0 Å². The lowest BCUT2D eigenvalue weighted by molar-refractivity contribution is 0.102. The fraction of sp³-hybridized carbons (Fsp3) is 0.0714. The first-order chi connectivity index (χ1) is 8.56.